The SMILES string of the molecule is CCCNCC1CCCc2sc(Cc3csc(C)n3)nc21. The van der Waals surface area contributed by atoms with Gasteiger partial charge in [-0.15, -0.1) is 22.7 Å². The largest absolute Gasteiger partial charge is 0.316 e. The molecule has 1 aliphatic carbocycles. The Bertz CT molecular complexity index is 588. The van der Waals surface area contributed by atoms with E-state index in [0.717, 1.165) is 24.5 Å². The molecule has 5 heteroatoms. The van der Waals surface area contributed by atoms with Crippen LogP contribution < -0.4 is 5.32 Å². The average Bonchev–Trinajstić information content (AvgIpc) is 3.06. The van der Waals surface area contributed by atoms with E-state index in [1.165, 1.54) is 47.0 Å². The van der Waals surface area contributed by atoms with E-state index in [0.29, 0.717) is 5.92 Å². The van der Waals surface area contributed by atoms with Gasteiger partial charge >= 0.3 is 0 Å². The zero-order chi connectivity index (χ0) is 14.7. The molecule has 0 saturated carbocycles. The summed E-state index contributed by atoms with van der Waals surface area (Å²) in [6, 6.07) is 0. The molecule has 0 spiro atoms. The van der Waals surface area contributed by atoms with Crippen molar-refractivity contribution >= 4 is 22.7 Å². The molecule has 0 saturated heterocycles. The van der Waals surface area contributed by atoms with Crippen molar-refractivity contribution in [2.45, 2.75) is 51.9 Å². The molecule has 1 N–H and O–H groups in total. The first-order valence-electron chi connectivity index (χ1n) is 7.86. The molecule has 114 valence electrons. The maximum absolute atomic E-state index is 4.96. The summed E-state index contributed by atoms with van der Waals surface area (Å²) in [7, 11) is 0. The summed E-state index contributed by atoms with van der Waals surface area (Å²) in [6.07, 6.45) is 5.90. The molecule has 3 nitrogen and oxygen atoms in total. The van der Waals surface area contributed by atoms with Crippen molar-refractivity contribution in [2.24, 2.45) is 0 Å². The number of aryl methyl sites for hydroxylation is 2. The summed E-state index contributed by atoms with van der Waals surface area (Å²) in [5.74, 6) is 0.613. The number of thiazole rings is 2. The van der Waals surface area contributed by atoms with Gasteiger partial charge in [-0.1, -0.05) is 6.92 Å². The van der Waals surface area contributed by atoms with Gasteiger partial charge in [0.1, 0.15) is 0 Å². The van der Waals surface area contributed by atoms with Gasteiger partial charge in [0.2, 0.25) is 0 Å². The molecule has 2 aromatic heterocycles. The van der Waals surface area contributed by atoms with Crippen LogP contribution in [0, 0.1) is 6.92 Å². The van der Waals surface area contributed by atoms with Crippen molar-refractivity contribution in [3.8, 4) is 0 Å². The van der Waals surface area contributed by atoms with Gasteiger partial charge in [-0.25, -0.2) is 9.97 Å². The molecule has 0 bridgehead atoms. The van der Waals surface area contributed by atoms with E-state index in [2.05, 4.69) is 29.5 Å². The lowest BCUT2D eigenvalue weighted by atomic mass is 9.91. The average molecular weight is 322 g/mol. The van der Waals surface area contributed by atoms with Gasteiger partial charge in [0, 0.05) is 29.1 Å². The molecule has 0 aromatic carbocycles. The molecular formula is C16H23N3S2. The first kappa shape index (κ1) is 15.1. The van der Waals surface area contributed by atoms with Gasteiger partial charge in [0.25, 0.3) is 0 Å². The van der Waals surface area contributed by atoms with Gasteiger partial charge in [-0.05, 0) is 39.2 Å². The van der Waals surface area contributed by atoms with E-state index in [-0.39, 0.29) is 0 Å². The summed E-state index contributed by atoms with van der Waals surface area (Å²) in [4.78, 5) is 11.0. The van der Waals surface area contributed by atoms with Crippen molar-refractivity contribution in [3.63, 3.8) is 0 Å². The zero-order valence-corrected chi connectivity index (χ0v) is 14.4. The maximum Gasteiger partial charge on any atom is 0.0991 e. The molecule has 0 amide bonds. The van der Waals surface area contributed by atoms with Crippen LogP contribution in [0.4, 0.5) is 0 Å². The fourth-order valence-electron chi connectivity index (χ4n) is 2.93. The molecule has 1 aliphatic rings. The Hall–Kier alpha value is -0.780. The van der Waals surface area contributed by atoms with Crippen molar-refractivity contribution in [3.05, 3.63) is 31.7 Å². The minimum atomic E-state index is 0.613. The molecule has 21 heavy (non-hydrogen) atoms. The first-order chi connectivity index (χ1) is 10.3. The number of hydrogen-bond donors (Lipinski definition) is 1. The third-order valence-electron chi connectivity index (χ3n) is 3.93. The van der Waals surface area contributed by atoms with Crippen molar-refractivity contribution in [2.75, 3.05) is 13.1 Å². The molecular weight excluding hydrogens is 298 g/mol. The van der Waals surface area contributed by atoms with Crippen LogP contribution in [0.1, 0.15) is 58.4 Å². The Kier molecular flexibility index (Phi) is 5.03. The quantitative estimate of drug-likeness (QED) is 0.820. The van der Waals surface area contributed by atoms with Crippen LogP contribution >= 0.6 is 22.7 Å². The van der Waals surface area contributed by atoms with E-state index in [1.54, 1.807) is 11.3 Å². The molecule has 1 atom stereocenters. The van der Waals surface area contributed by atoms with E-state index < -0.39 is 0 Å². The minimum absolute atomic E-state index is 0.613. The van der Waals surface area contributed by atoms with Gasteiger partial charge in [0.05, 0.1) is 21.4 Å². The molecule has 0 radical (unpaired) electrons. The lowest BCUT2D eigenvalue weighted by Crippen LogP contribution is -2.24. The number of aromatic nitrogens is 2. The predicted octanol–water partition coefficient (Wildman–Crippen LogP) is 3.92. The predicted molar refractivity (Wildman–Crippen MR) is 90.6 cm³/mol. The Morgan fingerprint density at radius 2 is 2.29 bits per heavy atom. The highest BCUT2D eigenvalue weighted by Crippen LogP contribution is 2.35. The molecule has 2 aromatic rings. The van der Waals surface area contributed by atoms with Crippen LogP contribution in [0.15, 0.2) is 5.38 Å². The van der Waals surface area contributed by atoms with Crippen molar-refractivity contribution in [1.29, 1.82) is 0 Å². The van der Waals surface area contributed by atoms with Gasteiger partial charge in [-0.3, -0.25) is 0 Å². The second kappa shape index (κ2) is 6.99. The zero-order valence-electron chi connectivity index (χ0n) is 12.8. The number of hydrogen-bond acceptors (Lipinski definition) is 5. The van der Waals surface area contributed by atoms with Crippen molar-refractivity contribution < 1.29 is 0 Å². The van der Waals surface area contributed by atoms with Gasteiger partial charge in [0.15, 0.2) is 0 Å². The van der Waals surface area contributed by atoms with Crippen LogP contribution in [0.25, 0.3) is 0 Å². The van der Waals surface area contributed by atoms with Gasteiger partial charge in [-0.2, -0.15) is 0 Å². The van der Waals surface area contributed by atoms with Crippen LogP contribution in [-0.4, -0.2) is 23.1 Å². The standard InChI is InChI=1S/C16H23N3S2/c1-3-7-17-9-12-5-4-6-14-16(12)19-15(21-14)8-13-10-20-11(2)18-13/h10,12,17H,3-9H2,1-2H3. The third kappa shape index (κ3) is 3.71. The highest BCUT2D eigenvalue weighted by molar-refractivity contribution is 7.11. The second-order valence-corrected chi connectivity index (χ2v) is 7.97. The molecule has 2 heterocycles. The number of nitrogens with one attached hydrogen (secondary N) is 1. The second-order valence-electron chi connectivity index (χ2n) is 5.74. The summed E-state index contributed by atoms with van der Waals surface area (Å²) in [6.45, 7) is 6.48. The fourth-order valence-corrected chi connectivity index (χ4v) is 4.75. The number of nitrogens with zero attached hydrogens (tertiary/aromatic N) is 2. The fraction of sp³-hybridized carbons (Fsp3) is 0.625. The maximum atomic E-state index is 4.96. The van der Waals surface area contributed by atoms with E-state index in [4.69, 9.17) is 4.98 Å². The van der Waals surface area contributed by atoms with E-state index in [1.807, 2.05) is 11.3 Å². The Balaban J connectivity index is 1.71. The summed E-state index contributed by atoms with van der Waals surface area (Å²) in [5.41, 5.74) is 2.54. The Labute approximate surface area is 134 Å². The van der Waals surface area contributed by atoms with Crippen LogP contribution in [0.5, 0.6) is 0 Å². The Morgan fingerprint density at radius 1 is 1.38 bits per heavy atom. The summed E-state index contributed by atoms with van der Waals surface area (Å²) in [5, 5.41) is 8.11. The molecule has 0 fully saturated rings. The van der Waals surface area contributed by atoms with E-state index in [9.17, 15) is 0 Å². The van der Waals surface area contributed by atoms with Crippen LogP contribution in [-0.2, 0) is 12.8 Å². The smallest absolute Gasteiger partial charge is 0.0991 e. The molecule has 1 unspecified atom stereocenters. The first-order valence-corrected chi connectivity index (χ1v) is 9.56. The normalized spacial score (nSPS) is 17.9. The molecule has 0 aliphatic heterocycles. The highest BCUT2D eigenvalue weighted by atomic mass is 32.1. The lowest BCUT2D eigenvalue weighted by molar-refractivity contribution is 0.501. The third-order valence-corrected chi connectivity index (χ3v) is 5.88. The van der Waals surface area contributed by atoms with Gasteiger partial charge < -0.3 is 5.32 Å². The topological polar surface area (TPSA) is 37.8 Å². The lowest BCUT2D eigenvalue weighted by Gasteiger charge is -2.21. The Morgan fingerprint density at radius 3 is 3.05 bits per heavy atom. The summed E-state index contributed by atoms with van der Waals surface area (Å²) >= 11 is 3.64. The van der Waals surface area contributed by atoms with Crippen molar-refractivity contribution in [1.82, 2.24) is 15.3 Å². The number of fused-ring (bicyclic) bond motifs is 1. The highest BCUT2D eigenvalue weighted by Gasteiger charge is 2.24. The van der Waals surface area contributed by atoms with E-state index >= 15 is 0 Å². The molecule has 3 rings (SSSR count). The number of rotatable bonds is 6. The minimum Gasteiger partial charge on any atom is -0.316 e. The monoisotopic (exact) mass is 321 g/mol. The van der Waals surface area contributed by atoms with Crippen LogP contribution in [0.2, 0.25) is 0 Å². The summed E-state index contributed by atoms with van der Waals surface area (Å²) < 4.78 is 0. The van der Waals surface area contributed by atoms with Crippen LogP contribution in [0.3, 0.4) is 0 Å².